The van der Waals surface area contributed by atoms with Crippen LogP contribution >= 0.6 is 34.2 Å². The normalized spacial score (nSPS) is 10.6. The van der Waals surface area contributed by atoms with Gasteiger partial charge in [0.15, 0.2) is 0 Å². The highest BCUT2D eigenvalue weighted by Crippen LogP contribution is 2.19. The van der Waals surface area contributed by atoms with Crippen molar-refractivity contribution in [2.24, 2.45) is 10.2 Å². The van der Waals surface area contributed by atoms with E-state index in [1.54, 1.807) is 60.7 Å². The Balaban J connectivity index is 1.57. The van der Waals surface area contributed by atoms with Crippen molar-refractivity contribution in [2.45, 2.75) is 0 Å². The van der Waals surface area contributed by atoms with E-state index in [1.165, 1.54) is 0 Å². The molecule has 0 atom stereocenters. The van der Waals surface area contributed by atoms with Crippen LogP contribution < -0.4 is 5.48 Å². The zero-order valence-corrected chi connectivity index (χ0v) is 17.2. The van der Waals surface area contributed by atoms with E-state index < -0.39 is 11.9 Å². The Kier molecular flexibility index (Phi) is 6.72. The SMILES string of the molecule is O=C(ONc1ccc(N=NC(=O)c2ccccc2I)cc1)c1ccc(Cl)cc1. The van der Waals surface area contributed by atoms with E-state index >= 15 is 0 Å². The molecule has 0 aliphatic heterocycles. The maximum Gasteiger partial charge on any atom is 0.362 e. The Hall–Kier alpha value is -2.78. The van der Waals surface area contributed by atoms with Crippen molar-refractivity contribution in [2.75, 3.05) is 5.48 Å². The number of halogens is 2. The molecule has 0 bridgehead atoms. The summed E-state index contributed by atoms with van der Waals surface area (Å²) in [4.78, 5) is 29.1. The lowest BCUT2D eigenvalue weighted by molar-refractivity contribution is 0.0596. The molecule has 6 nitrogen and oxygen atoms in total. The summed E-state index contributed by atoms with van der Waals surface area (Å²) in [5.41, 5.74) is 4.47. The average Bonchev–Trinajstić information content (AvgIpc) is 2.72. The first kappa shape index (κ1) is 20.0. The molecule has 0 unspecified atom stereocenters. The highest BCUT2D eigenvalue weighted by atomic mass is 127. The van der Waals surface area contributed by atoms with Gasteiger partial charge in [-0.1, -0.05) is 23.7 Å². The molecule has 0 aliphatic rings. The second kappa shape index (κ2) is 9.43. The van der Waals surface area contributed by atoms with Crippen LogP contribution in [-0.2, 0) is 4.84 Å². The van der Waals surface area contributed by atoms with Crippen LogP contribution in [0.3, 0.4) is 0 Å². The molecule has 0 heterocycles. The van der Waals surface area contributed by atoms with Gasteiger partial charge in [-0.3, -0.25) is 4.79 Å². The number of nitrogens with one attached hydrogen (secondary N) is 1. The minimum Gasteiger partial charge on any atom is -0.338 e. The molecule has 0 aromatic heterocycles. The third-order valence-electron chi connectivity index (χ3n) is 3.57. The van der Waals surface area contributed by atoms with Crippen LogP contribution in [0.2, 0.25) is 5.02 Å². The zero-order valence-electron chi connectivity index (χ0n) is 14.3. The molecule has 0 radical (unpaired) electrons. The van der Waals surface area contributed by atoms with Crippen LogP contribution in [0.5, 0.6) is 0 Å². The fourth-order valence-electron chi connectivity index (χ4n) is 2.14. The van der Waals surface area contributed by atoms with Crippen molar-refractivity contribution in [3.63, 3.8) is 0 Å². The van der Waals surface area contributed by atoms with Crippen molar-refractivity contribution in [1.29, 1.82) is 0 Å². The zero-order chi connectivity index (χ0) is 19.9. The smallest absolute Gasteiger partial charge is 0.338 e. The van der Waals surface area contributed by atoms with Crippen LogP contribution in [-0.4, -0.2) is 11.9 Å². The summed E-state index contributed by atoms with van der Waals surface area (Å²) in [7, 11) is 0. The van der Waals surface area contributed by atoms with Gasteiger partial charge in [0.05, 0.1) is 22.5 Å². The quantitative estimate of drug-likeness (QED) is 0.260. The molecule has 140 valence electrons. The minimum absolute atomic E-state index is 0.372. The van der Waals surface area contributed by atoms with Crippen LogP contribution in [0.25, 0.3) is 0 Å². The van der Waals surface area contributed by atoms with Gasteiger partial charge in [-0.25, -0.2) is 10.3 Å². The Morgan fingerprint density at radius 3 is 2.29 bits per heavy atom. The molecule has 3 rings (SSSR count). The van der Waals surface area contributed by atoms with Crippen molar-refractivity contribution in [1.82, 2.24) is 0 Å². The summed E-state index contributed by atoms with van der Waals surface area (Å²) in [6, 6.07) is 20.1. The molecule has 3 aromatic carbocycles. The monoisotopic (exact) mass is 505 g/mol. The van der Waals surface area contributed by atoms with Crippen LogP contribution in [0.1, 0.15) is 20.7 Å². The summed E-state index contributed by atoms with van der Waals surface area (Å²) in [5.74, 6) is -0.951. The van der Waals surface area contributed by atoms with E-state index in [0.717, 1.165) is 3.57 Å². The standard InChI is InChI=1S/C20H13ClIN3O3/c21-14-7-5-13(6-8-14)20(27)28-25-16-11-9-15(10-12-16)23-24-19(26)17-3-1-2-4-18(17)22/h1-12,25H. The van der Waals surface area contributed by atoms with Gasteiger partial charge < -0.3 is 4.84 Å². The molecule has 1 amide bonds. The summed E-state index contributed by atoms with van der Waals surface area (Å²) >= 11 is 7.86. The first-order chi connectivity index (χ1) is 13.5. The molecular weight excluding hydrogens is 493 g/mol. The van der Waals surface area contributed by atoms with E-state index in [9.17, 15) is 9.59 Å². The van der Waals surface area contributed by atoms with Gasteiger partial charge in [0.25, 0.3) is 5.91 Å². The minimum atomic E-state index is -0.538. The number of carbonyl (C=O) groups excluding carboxylic acids is 2. The molecular formula is C20H13ClIN3O3. The van der Waals surface area contributed by atoms with Crippen molar-refractivity contribution < 1.29 is 14.4 Å². The van der Waals surface area contributed by atoms with Gasteiger partial charge in [-0.15, -0.1) is 10.2 Å². The van der Waals surface area contributed by atoms with Crippen LogP contribution in [0, 0.1) is 3.57 Å². The third kappa shape index (κ3) is 5.37. The molecule has 8 heteroatoms. The fraction of sp³-hybridized carbons (Fsp3) is 0. The first-order valence-corrected chi connectivity index (χ1v) is 9.52. The Bertz CT molecular complexity index is 1020. The lowest BCUT2D eigenvalue weighted by Gasteiger charge is -2.07. The number of azo groups is 1. The van der Waals surface area contributed by atoms with Crippen molar-refractivity contribution in [3.05, 3.63) is 92.5 Å². The maximum atomic E-state index is 12.1. The topological polar surface area (TPSA) is 80.1 Å². The van der Waals surface area contributed by atoms with Gasteiger partial charge in [0, 0.05) is 8.59 Å². The van der Waals surface area contributed by atoms with Gasteiger partial charge >= 0.3 is 5.97 Å². The second-order valence-corrected chi connectivity index (χ2v) is 7.13. The van der Waals surface area contributed by atoms with Gasteiger partial charge in [-0.05, 0) is 83.3 Å². The second-order valence-electron chi connectivity index (χ2n) is 5.53. The number of hydrogen-bond donors (Lipinski definition) is 1. The summed E-state index contributed by atoms with van der Waals surface area (Å²) < 4.78 is 0.811. The average molecular weight is 506 g/mol. The van der Waals surface area contributed by atoms with Gasteiger partial charge in [-0.2, -0.15) is 0 Å². The fourth-order valence-corrected chi connectivity index (χ4v) is 2.88. The predicted octanol–water partition coefficient (Wildman–Crippen LogP) is 6.05. The molecule has 0 aliphatic carbocycles. The Morgan fingerprint density at radius 1 is 0.929 bits per heavy atom. The summed E-state index contributed by atoms with van der Waals surface area (Å²) in [5, 5.41) is 8.22. The van der Waals surface area contributed by atoms with E-state index in [0.29, 0.717) is 27.5 Å². The summed E-state index contributed by atoms with van der Waals surface area (Å²) in [6.45, 7) is 0. The number of rotatable bonds is 5. The Morgan fingerprint density at radius 2 is 1.61 bits per heavy atom. The van der Waals surface area contributed by atoms with Crippen LogP contribution in [0.15, 0.2) is 83.0 Å². The van der Waals surface area contributed by atoms with E-state index in [1.807, 2.05) is 12.1 Å². The highest BCUT2D eigenvalue weighted by molar-refractivity contribution is 14.1. The van der Waals surface area contributed by atoms with Gasteiger partial charge in [0.2, 0.25) is 0 Å². The number of hydrogen-bond acceptors (Lipinski definition) is 5. The first-order valence-electron chi connectivity index (χ1n) is 8.06. The molecule has 0 spiro atoms. The number of benzene rings is 3. The van der Waals surface area contributed by atoms with E-state index in [-0.39, 0.29) is 0 Å². The van der Waals surface area contributed by atoms with Gasteiger partial charge in [0.1, 0.15) is 0 Å². The largest absolute Gasteiger partial charge is 0.362 e. The predicted molar refractivity (Wildman–Crippen MR) is 115 cm³/mol. The van der Waals surface area contributed by atoms with Crippen molar-refractivity contribution in [3.8, 4) is 0 Å². The maximum absolute atomic E-state index is 12.1. The lowest BCUT2D eigenvalue weighted by atomic mass is 10.2. The van der Waals surface area contributed by atoms with E-state index in [2.05, 4.69) is 38.3 Å². The number of carbonyl (C=O) groups is 2. The molecule has 0 saturated heterocycles. The highest BCUT2D eigenvalue weighted by Gasteiger charge is 2.09. The van der Waals surface area contributed by atoms with E-state index in [4.69, 9.17) is 16.4 Å². The van der Waals surface area contributed by atoms with Crippen molar-refractivity contribution >= 4 is 57.4 Å². The van der Waals surface area contributed by atoms with Crippen LogP contribution in [0.4, 0.5) is 11.4 Å². The molecule has 28 heavy (non-hydrogen) atoms. The Labute approximate surface area is 179 Å². The number of anilines is 1. The molecule has 3 aromatic rings. The molecule has 0 saturated carbocycles. The number of nitrogens with zero attached hydrogens (tertiary/aromatic N) is 2. The molecule has 0 fully saturated rings. The summed E-state index contributed by atoms with van der Waals surface area (Å²) in [6.07, 6.45) is 0. The number of amides is 1. The molecule has 1 N–H and O–H groups in total. The third-order valence-corrected chi connectivity index (χ3v) is 4.76. The lowest BCUT2D eigenvalue weighted by Crippen LogP contribution is -2.10.